The number of benzene rings is 2. The molecule has 0 saturated heterocycles. The highest BCUT2D eigenvalue weighted by Gasteiger charge is 2.20. The van der Waals surface area contributed by atoms with Crippen molar-refractivity contribution in [3.05, 3.63) is 59.8 Å². The van der Waals surface area contributed by atoms with E-state index in [1.54, 1.807) is 19.2 Å². The van der Waals surface area contributed by atoms with Crippen molar-refractivity contribution in [3.8, 4) is 11.4 Å². The van der Waals surface area contributed by atoms with Crippen molar-refractivity contribution in [3.63, 3.8) is 0 Å². The fourth-order valence-corrected chi connectivity index (χ4v) is 2.26. The van der Waals surface area contributed by atoms with Crippen LogP contribution in [0.2, 0.25) is 0 Å². The van der Waals surface area contributed by atoms with Gasteiger partial charge in [0.2, 0.25) is 0 Å². The van der Waals surface area contributed by atoms with Crippen LogP contribution in [0.5, 0.6) is 5.75 Å². The van der Waals surface area contributed by atoms with Crippen LogP contribution < -0.4 is 15.8 Å². The number of hydrogen-bond acceptors (Lipinski definition) is 5. The SMILES string of the molecule is COc1ccccc1-n1nnc(C(=O)Nc2ccc(C)cc2)c1N. The first-order chi connectivity index (χ1) is 11.6. The lowest BCUT2D eigenvalue weighted by molar-refractivity contribution is 0.102. The average Bonchev–Trinajstić information content (AvgIpc) is 2.98. The predicted molar refractivity (Wildman–Crippen MR) is 91.5 cm³/mol. The number of nitrogens with one attached hydrogen (secondary N) is 1. The predicted octanol–water partition coefficient (Wildman–Crippen LogP) is 2.42. The van der Waals surface area contributed by atoms with Crippen molar-refractivity contribution >= 4 is 17.4 Å². The molecular weight excluding hydrogens is 306 g/mol. The van der Waals surface area contributed by atoms with Gasteiger partial charge in [0.25, 0.3) is 5.91 Å². The number of amides is 1. The van der Waals surface area contributed by atoms with Crippen molar-refractivity contribution in [1.29, 1.82) is 0 Å². The van der Waals surface area contributed by atoms with Crippen LogP contribution in [0.15, 0.2) is 48.5 Å². The lowest BCUT2D eigenvalue weighted by Gasteiger charge is -2.08. The van der Waals surface area contributed by atoms with E-state index in [9.17, 15) is 4.79 Å². The van der Waals surface area contributed by atoms with Crippen LogP contribution >= 0.6 is 0 Å². The maximum absolute atomic E-state index is 12.4. The fourth-order valence-electron chi connectivity index (χ4n) is 2.26. The van der Waals surface area contributed by atoms with E-state index in [0.29, 0.717) is 17.1 Å². The number of ether oxygens (including phenoxy) is 1. The molecular formula is C17H17N5O2. The lowest BCUT2D eigenvalue weighted by Crippen LogP contribution is -2.15. The van der Waals surface area contributed by atoms with Gasteiger partial charge in [-0.25, -0.2) is 0 Å². The van der Waals surface area contributed by atoms with Crippen LogP contribution in [0.4, 0.5) is 11.5 Å². The monoisotopic (exact) mass is 323 g/mol. The molecule has 2 aromatic carbocycles. The van der Waals surface area contributed by atoms with Crippen molar-refractivity contribution in [1.82, 2.24) is 15.0 Å². The molecule has 1 heterocycles. The van der Waals surface area contributed by atoms with Crippen LogP contribution in [-0.4, -0.2) is 28.0 Å². The number of rotatable bonds is 4. The number of methoxy groups -OCH3 is 1. The van der Waals surface area contributed by atoms with Gasteiger partial charge in [-0.3, -0.25) is 4.79 Å². The number of hydrogen-bond donors (Lipinski definition) is 2. The van der Waals surface area contributed by atoms with E-state index < -0.39 is 5.91 Å². The average molecular weight is 323 g/mol. The second-order valence-electron chi connectivity index (χ2n) is 5.23. The molecule has 3 rings (SSSR count). The number of nitrogens with zero attached hydrogens (tertiary/aromatic N) is 3. The highest BCUT2D eigenvalue weighted by Crippen LogP contribution is 2.24. The summed E-state index contributed by atoms with van der Waals surface area (Å²) >= 11 is 0. The first-order valence-corrected chi connectivity index (χ1v) is 7.32. The molecule has 0 radical (unpaired) electrons. The van der Waals surface area contributed by atoms with Crippen molar-refractivity contribution < 1.29 is 9.53 Å². The van der Waals surface area contributed by atoms with Gasteiger partial charge in [-0.15, -0.1) is 5.10 Å². The van der Waals surface area contributed by atoms with Crippen molar-refractivity contribution in [2.75, 3.05) is 18.2 Å². The molecule has 24 heavy (non-hydrogen) atoms. The van der Waals surface area contributed by atoms with E-state index in [1.807, 2.05) is 43.3 Å². The smallest absolute Gasteiger partial charge is 0.280 e. The Balaban J connectivity index is 1.89. The fraction of sp³-hybridized carbons (Fsp3) is 0.118. The molecule has 0 spiro atoms. The Morgan fingerprint density at radius 1 is 1.17 bits per heavy atom. The first-order valence-electron chi connectivity index (χ1n) is 7.32. The van der Waals surface area contributed by atoms with E-state index in [-0.39, 0.29) is 11.5 Å². The summed E-state index contributed by atoms with van der Waals surface area (Å²) in [6.45, 7) is 1.97. The van der Waals surface area contributed by atoms with E-state index in [0.717, 1.165) is 5.56 Å². The summed E-state index contributed by atoms with van der Waals surface area (Å²) in [4.78, 5) is 12.4. The molecule has 0 fully saturated rings. The molecule has 7 nitrogen and oxygen atoms in total. The highest BCUT2D eigenvalue weighted by molar-refractivity contribution is 6.05. The number of aryl methyl sites for hydroxylation is 1. The molecule has 3 aromatic rings. The maximum atomic E-state index is 12.4. The number of nitrogens with two attached hydrogens (primary N) is 1. The summed E-state index contributed by atoms with van der Waals surface area (Å²) in [5.41, 5.74) is 8.50. The van der Waals surface area contributed by atoms with E-state index in [2.05, 4.69) is 15.6 Å². The third kappa shape index (κ3) is 2.91. The minimum Gasteiger partial charge on any atom is -0.494 e. The number of nitrogen functional groups attached to an aromatic ring is 1. The third-order valence-electron chi connectivity index (χ3n) is 3.54. The topological polar surface area (TPSA) is 95.1 Å². The zero-order valence-corrected chi connectivity index (χ0v) is 13.4. The van der Waals surface area contributed by atoms with E-state index in [1.165, 1.54) is 4.68 Å². The lowest BCUT2D eigenvalue weighted by atomic mass is 10.2. The number of anilines is 2. The Morgan fingerprint density at radius 2 is 1.88 bits per heavy atom. The number of para-hydroxylation sites is 2. The Morgan fingerprint density at radius 3 is 2.58 bits per heavy atom. The highest BCUT2D eigenvalue weighted by atomic mass is 16.5. The molecule has 7 heteroatoms. The Kier molecular flexibility index (Phi) is 4.15. The zero-order valence-electron chi connectivity index (χ0n) is 13.4. The number of carbonyl (C=O) groups excluding carboxylic acids is 1. The largest absolute Gasteiger partial charge is 0.494 e. The van der Waals surface area contributed by atoms with Gasteiger partial charge in [-0.2, -0.15) is 4.68 Å². The molecule has 1 amide bonds. The summed E-state index contributed by atoms with van der Waals surface area (Å²) < 4.78 is 6.66. The summed E-state index contributed by atoms with van der Waals surface area (Å²) in [5.74, 6) is 0.307. The van der Waals surface area contributed by atoms with Gasteiger partial charge in [0.15, 0.2) is 11.5 Å². The standard InChI is InChI=1S/C17H17N5O2/c1-11-7-9-12(10-8-11)19-17(23)15-16(18)22(21-20-15)13-5-3-4-6-14(13)24-2/h3-10H,18H2,1-2H3,(H,19,23). The van der Waals surface area contributed by atoms with Crippen molar-refractivity contribution in [2.24, 2.45) is 0 Å². The minimum atomic E-state index is -0.419. The molecule has 3 N–H and O–H groups in total. The summed E-state index contributed by atoms with van der Waals surface area (Å²) in [5, 5.41) is 10.6. The Bertz CT molecular complexity index is 871. The molecule has 0 aliphatic rings. The van der Waals surface area contributed by atoms with Crippen LogP contribution in [-0.2, 0) is 0 Å². The van der Waals surface area contributed by atoms with Gasteiger partial charge in [0.05, 0.1) is 7.11 Å². The van der Waals surface area contributed by atoms with Gasteiger partial charge < -0.3 is 15.8 Å². The van der Waals surface area contributed by atoms with Crippen LogP contribution in [0, 0.1) is 6.92 Å². The number of aromatic nitrogens is 3. The Labute approximate surface area is 139 Å². The first kappa shape index (κ1) is 15.5. The van der Waals surface area contributed by atoms with Gasteiger partial charge >= 0.3 is 0 Å². The van der Waals surface area contributed by atoms with Crippen LogP contribution in [0.1, 0.15) is 16.1 Å². The molecule has 0 aliphatic carbocycles. The van der Waals surface area contributed by atoms with Gasteiger partial charge in [-0.05, 0) is 31.2 Å². The summed E-state index contributed by atoms with van der Waals surface area (Å²) in [7, 11) is 1.55. The molecule has 0 saturated carbocycles. The summed E-state index contributed by atoms with van der Waals surface area (Å²) in [6.07, 6.45) is 0. The van der Waals surface area contributed by atoms with Gasteiger partial charge in [0.1, 0.15) is 11.4 Å². The van der Waals surface area contributed by atoms with Crippen LogP contribution in [0.25, 0.3) is 5.69 Å². The Hall–Kier alpha value is -3.35. The molecule has 0 aliphatic heterocycles. The van der Waals surface area contributed by atoms with Gasteiger partial charge in [-0.1, -0.05) is 35.0 Å². The van der Waals surface area contributed by atoms with Crippen molar-refractivity contribution in [2.45, 2.75) is 6.92 Å². The molecule has 1 aromatic heterocycles. The second-order valence-corrected chi connectivity index (χ2v) is 5.23. The molecule has 0 atom stereocenters. The van der Waals surface area contributed by atoms with Gasteiger partial charge in [0, 0.05) is 5.69 Å². The van der Waals surface area contributed by atoms with E-state index >= 15 is 0 Å². The zero-order chi connectivity index (χ0) is 17.1. The number of carbonyl (C=O) groups is 1. The molecule has 0 bridgehead atoms. The second kappa shape index (κ2) is 6.41. The minimum absolute atomic E-state index is 0.0569. The quantitative estimate of drug-likeness (QED) is 0.769. The maximum Gasteiger partial charge on any atom is 0.280 e. The van der Waals surface area contributed by atoms with E-state index in [4.69, 9.17) is 10.5 Å². The summed E-state index contributed by atoms with van der Waals surface area (Å²) in [6, 6.07) is 14.7. The molecule has 0 unspecified atom stereocenters. The third-order valence-corrected chi connectivity index (χ3v) is 3.54. The van der Waals surface area contributed by atoms with Crippen LogP contribution in [0.3, 0.4) is 0 Å². The molecule has 122 valence electrons. The normalized spacial score (nSPS) is 10.4.